The molecule has 152 valence electrons. The number of esters is 1. The van der Waals surface area contributed by atoms with Crippen LogP contribution in [0.2, 0.25) is 10.0 Å². The highest BCUT2D eigenvalue weighted by molar-refractivity contribution is 6.35. The molecule has 6 nitrogen and oxygen atoms in total. The van der Waals surface area contributed by atoms with Gasteiger partial charge in [0.2, 0.25) is 0 Å². The molecule has 0 saturated carbocycles. The van der Waals surface area contributed by atoms with Crippen molar-refractivity contribution in [3.63, 3.8) is 0 Å². The van der Waals surface area contributed by atoms with Gasteiger partial charge in [-0.25, -0.2) is 4.79 Å². The van der Waals surface area contributed by atoms with Gasteiger partial charge >= 0.3 is 5.97 Å². The second-order valence-electron chi connectivity index (χ2n) is 6.43. The molecule has 1 N–H and O–H groups in total. The zero-order chi connectivity index (χ0) is 21.3. The fourth-order valence-corrected chi connectivity index (χ4v) is 3.62. The van der Waals surface area contributed by atoms with Gasteiger partial charge in [0.05, 0.1) is 18.4 Å². The van der Waals surface area contributed by atoms with Crippen molar-refractivity contribution < 1.29 is 23.5 Å². The lowest BCUT2D eigenvalue weighted by Gasteiger charge is -2.11. The van der Waals surface area contributed by atoms with Crippen LogP contribution in [0.4, 0.5) is 5.69 Å². The standard InChI is InChI=1S/C22H15Cl2NO5/c1-28-20-9-16-15-4-2-3-5-18(15)30-19(16)10-17(20)25-21(26)11-29-22(27)12-6-13(23)8-14(24)7-12/h2-10H,11H2,1H3,(H,25,26). The number of hydrogen-bond donors (Lipinski definition) is 1. The predicted molar refractivity (Wildman–Crippen MR) is 116 cm³/mol. The second kappa shape index (κ2) is 8.26. The van der Waals surface area contributed by atoms with Crippen LogP contribution in [0.15, 0.2) is 59.0 Å². The molecule has 30 heavy (non-hydrogen) atoms. The van der Waals surface area contributed by atoms with E-state index in [9.17, 15) is 9.59 Å². The number of benzene rings is 3. The maximum atomic E-state index is 12.3. The van der Waals surface area contributed by atoms with E-state index in [0.29, 0.717) is 27.1 Å². The van der Waals surface area contributed by atoms with Crippen molar-refractivity contribution in [2.75, 3.05) is 19.0 Å². The first-order valence-electron chi connectivity index (χ1n) is 8.87. The minimum absolute atomic E-state index is 0.154. The van der Waals surface area contributed by atoms with Crippen molar-refractivity contribution in [3.05, 3.63) is 70.2 Å². The molecule has 4 aromatic rings. The van der Waals surface area contributed by atoms with Gasteiger partial charge in [0.1, 0.15) is 16.9 Å². The lowest BCUT2D eigenvalue weighted by molar-refractivity contribution is -0.119. The van der Waals surface area contributed by atoms with Crippen molar-refractivity contribution in [3.8, 4) is 5.75 Å². The molecule has 0 radical (unpaired) electrons. The molecule has 1 heterocycles. The predicted octanol–water partition coefficient (Wildman–Crippen LogP) is 5.70. The van der Waals surface area contributed by atoms with Crippen LogP contribution in [-0.2, 0) is 9.53 Å². The molecule has 0 saturated heterocycles. The molecule has 0 fully saturated rings. The Balaban J connectivity index is 1.51. The first-order valence-corrected chi connectivity index (χ1v) is 9.62. The Morgan fingerprint density at radius 1 is 0.967 bits per heavy atom. The highest BCUT2D eigenvalue weighted by atomic mass is 35.5. The third kappa shape index (κ3) is 4.06. The molecule has 4 rings (SSSR count). The number of fused-ring (bicyclic) bond motifs is 3. The number of carbonyl (C=O) groups is 2. The van der Waals surface area contributed by atoms with Crippen molar-refractivity contribution in [2.24, 2.45) is 0 Å². The fourth-order valence-electron chi connectivity index (χ4n) is 3.09. The Kier molecular flexibility index (Phi) is 5.53. The Labute approximate surface area is 181 Å². The van der Waals surface area contributed by atoms with Crippen molar-refractivity contribution in [2.45, 2.75) is 0 Å². The summed E-state index contributed by atoms with van der Waals surface area (Å²) < 4.78 is 16.3. The maximum Gasteiger partial charge on any atom is 0.338 e. The van der Waals surface area contributed by atoms with Gasteiger partial charge < -0.3 is 19.2 Å². The quantitative estimate of drug-likeness (QED) is 0.400. The van der Waals surface area contributed by atoms with Crippen LogP contribution in [-0.4, -0.2) is 25.6 Å². The van der Waals surface area contributed by atoms with E-state index < -0.39 is 18.5 Å². The van der Waals surface area contributed by atoms with E-state index in [0.717, 1.165) is 16.4 Å². The summed E-state index contributed by atoms with van der Waals surface area (Å²) in [6, 6.07) is 15.4. The third-order valence-corrected chi connectivity index (χ3v) is 4.84. The van der Waals surface area contributed by atoms with E-state index >= 15 is 0 Å². The number of nitrogens with one attached hydrogen (secondary N) is 1. The average Bonchev–Trinajstić information content (AvgIpc) is 3.08. The van der Waals surface area contributed by atoms with Crippen molar-refractivity contribution in [1.29, 1.82) is 0 Å². The van der Waals surface area contributed by atoms with Gasteiger partial charge in [-0.1, -0.05) is 41.4 Å². The fraction of sp³-hybridized carbons (Fsp3) is 0.0909. The van der Waals surface area contributed by atoms with Crippen LogP contribution in [0.5, 0.6) is 5.75 Å². The summed E-state index contributed by atoms with van der Waals surface area (Å²) in [6.45, 7) is -0.496. The Hall–Kier alpha value is -3.22. The number of amides is 1. The van der Waals surface area contributed by atoms with Gasteiger partial charge in [-0.15, -0.1) is 0 Å². The zero-order valence-electron chi connectivity index (χ0n) is 15.7. The first-order chi connectivity index (χ1) is 14.4. The Morgan fingerprint density at radius 2 is 1.70 bits per heavy atom. The topological polar surface area (TPSA) is 77.8 Å². The van der Waals surface area contributed by atoms with Gasteiger partial charge in [-0.2, -0.15) is 0 Å². The minimum Gasteiger partial charge on any atom is -0.495 e. The number of methoxy groups -OCH3 is 1. The van der Waals surface area contributed by atoms with Crippen LogP contribution < -0.4 is 10.1 Å². The first kappa shape index (κ1) is 20.1. The number of rotatable bonds is 5. The van der Waals surface area contributed by atoms with E-state index in [4.69, 9.17) is 37.1 Å². The van der Waals surface area contributed by atoms with Crippen LogP contribution >= 0.6 is 23.2 Å². The molecule has 0 spiro atoms. The molecule has 0 atom stereocenters. The van der Waals surface area contributed by atoms with E-state index in [1.54, 1.807) is 12.1 Å². The largest absolute Gasteiger partial charge is 0.495 e. The number of hydrogen-bond acceptors (Lipinski definition) is 5. The third-order valence-electron chi connectivity index (χ3n) is 4.41. The molecule has 0 unspecified atom stereocenters. The van der Waals surface area contributed by atoms with Gasteiger partial charge in [-0.3, -0.25) is 4.79 Å². The van der Waals surface area contributed by atoms with E-state index in [1.807, 2.05) is 24.3 Å². The summed E-state index contributed by atoms with van der Waals surface area (Å²) in [4.78, 5) is 24.5. The molecule has 1 amide bonds. The van der Waals surface area contributed by atoms with Crippen LogP contribution in [0.25, 0.3) is 21.9 Å². The minimum atomic E-state index is -0.714. The summed E-state index contributed by atoms with van der Waals surface area (Å²) in [7, 11) is 1.50. The normalized spacial score (nSPS) is 10.9. The highest BCUT2D eigenvalue weighted by Crippen LogP contribution is 2.36. The lowest BCUT2D eigenvalue weighted by atomic mass is 10.1. The van der Waals surface area contributed by atoms with Crippen molar-refractivity contribution >= 4 is 62.7 Å². The molecular weight excluding hydrogens is 429 g/mol. The molecule has 0 aliphatic rings. The molecule has 0 bridgehead atoms. The second-order valence-corrected chi connectivity index (χ2v) is 7.30. The van der Waals surface area contributed by atoms with Gasteiger partial charge in [-0.05, 0) is 30.3 Å². The Morgan fingerprint density at radius 3 is 2.43 bits per heavy atom. The van der Waals surface area contributed by atoms with E-state index in [-0.39, 0.29) is 5.56 Å². The number of para-hydroxylation sites is 1. The SMILES string of the molecule is COc1cc2c(cc1NC(=O)COC(=O)c1cc(Cl)cc(Cl)c1)oc1ccccc12. The van der Waals surface area contributed by atoms with Gasteiger partial charge in [0, 0.05) is 26.9 Å². The summed E-state index contributed by atoms with van der Waals surface area (Å²) in [6.07, 6.45) is 0. The smallest absolute Gasteiger partial charge is 0.338 e. The summed E-state index contributed by atoms with van der Waals surface area (Å²) in [5, 5.41) is 5.07. The zero-order valence-corrected chi connectivity index (χ0v) is 17.2. The molecule has 0 aliphatic heterocycles. The molecular formula is C22H15Cl2NO5. The number of anilines is 1. The van der Waals surface area contributed by atoms with Gasteiger partial charge in [0.25, 0.3) is 5.91 Å². The van der Waals surface area contributed by atoms with Crippen LogP contribution in [0, 0.1) is 0 Å². The number of carbonyl (C=O) groups excluding carboxylic acids is 2. The van der Waals surface area contributed by atoms with E-state index in [2.05, 4.69) is 5.32 Å². The van der Waals surface area contributed by atoms with Gasteiger partial charge in [0.15, 0.2) is 6.61 Å². The molecule has 3 aromatic carbocycles. The Bertz CT molecular complexity index is 1260. The maximum absolute atomic E-state index is 12.3. The number of furan rings is 1. The van der Waals surface area contributed by atoms with E-state index in [1.165, 1.54) is 25.3 Å². The highest BCUT2D eigenvalue weighted by Gasteiger charge is 2.16. The number of halogens is 2. The summed E-state index contributed by atoms with van der Waals surface area (Å²) in [5.74, 6) is -0.796. The monoisotopic (exact) mass is 443 g/mol. The summed E-state index contributed by atoms with van der Waals surface area (Å²) in [5.41, 5.74) is 1.88. The molecule has 8 heteroatoms. The van der Waals surface area contributed by atoms with Crippen molar-refractivity contribution in [1.82, 2.24) is 0 Å². The molecule has 0 aliphatic carbocycles. The van der Waals surface area contributed by atoms with Crippen LogP contribution in [0.3, 0.4) is 0 Å². The van der Waals surface area contributed by atoms with Crippen LogP contribution in [0.1, 0.15) is 10.4 Å². The number of ether oxygens (including phenoxy) is 2. The lowest BCUT2D eigenvalue weighted by Crippen LogP contribution is -2.21. The average molecular weight is 444 g/mol. The molecule has 1 aromatic heterocycles. The summed E-state index contributed by atoms with van der Waals surface area (Å²) >= 11 is 11.8.